The summed E-state index contributed by atoms with van der Waals surface area (Å²) in [6.07, 6.45) is 1.33. The summed E-state index contributed by atoms with van der Waals surface area (Å²) < 4.78 is 9.99. The summed E-state index contributed by atoms with van der Waals surface area (Å²) in [6.45, 7) is 0.715. The molecule has 1 heterocycles. The van der Waals surface area contributed by atoms with Crippen molar-refractivity contribution in [3.63, 3.8) is 0 Å². The Balaban J connectivity index is 1.72. The van der Waals surface area contributed by atoms with E-state index in [1.54, 1.807) is 7.11 Å². The Bertz CT molecular complexity index is 711. The van der Waals surface area contributed by atoms with E-state index in [9.17, 15) is 0 Å². The molecular weight excluding hydrogens is 266 g/mol. The highest BCUT2D eigenvalue weighted by Gasteiger charge is 2.03. The molecule has 3 rings (SSSR count). The summed E-state index contributed by atoms with van der Waals surface area (Å²) >= 11 is 0. The van der Waals surface area contributed by atoms with Crippen molar-refractivity contribution in [1.82, 2.24) is 10.1 Å². The van der Waals surface area contributed by atoms with Crippen molar-refractivity contribution in [2.45, 2.75) is 6.54 Å². The maximum absolute atomic E-state index is 5.22. The first-order valence-corrected chi connectivity index (χ1v) is 6.59. The molecule has 0 amide bonds. The molecule has 0 spiro atoms. The van der Waals surface area contributed by atoms with Gasteiger partial charge in [0.05, 0.1) is 7.11 Å². The maximum Gasteiger partial charge on any atom is 0.214 e. The van der Waals surface area contributed by atoms with E-state index in [1.807, 2.05) is 42.5 Å². The number of benzene rings is 2. The molecule has 3 aromatic rings. The second-order valence-electron chi connectivity index (χ2n) is 4.54. The predicted octanol–water partition coefficient (Wildman–Crippen LogP) is 3.36. The molecule has 0 aliphatic heterocycles. The third-order valence-corrected chi connectivity index (χ3v) is 3.11. The standard InChI is InChI=1S/C16H15N3O2/c1-20-15-7-2-4-12(8-15)10-17-14-6-3-5-13(9-14)16-18-11-21-19-16/h2-9,11,17H,10H2,1H3. The third kappa shape index (κ3) is 3.20. The fourth-order valence-corrected chi connectivity index (χ4v) is 2.05. The van der Waals surface area contributed by atoms with Crippen LogP contribution in [0.25, 0.3) is 11.4 Å². The fourth-order valence-electron chi connectivity index (χ4n) is 2.05. The molecule has 5 nitrogen and oxygen atoms in total. The van der Waals surface area contributed by atoms with E-state index >= 15 is 0 Å². The van der Waals surface area contributed by atoms with Crippen LogP contribution in [-0.2, 0) is 6.54 Å². The van der Waals surface area contributed by atoms with Crippen molar-refractivity contribution in [2.75, 3.05) is 12.4 Å². The van der Waals surface area contributed by atoms with Crippen molar-refractivity contribution >= 4 is 5.69 Å². The first-order chi connectivity index (χ1) is 10.3. The molecular formula is C16H15N3O2. The first kappa shape index (κ1) is 13.2. The van der Waals surface area contributed by atoms with Crippen LogP contribution in [0.5, 0.6) is 5.75 Å². The molecule has 0 aliphatic carbocycles. The number of hydrogen-bond donors (Lipinski definition) is 1. The molecule has 5 heteroatoms. The minimum atomic E-state index is 0.583. The summed E-state index contributed by atoms with van der Waals surface area (Å²) in [5.41, 5.74) is 3.07. The molecule has 106 valence electrons. The predicted molar refractivity (Wildman–Crippen MR) is 80.1 cm³/mol. The first-order valence-electron chi connectivity index (χ1n) is 6.59. The van der Waals surface area contributed by atoms with E-state index in [0.717, 1.165) is 22.6 Å². The van der Waals surface area contributed by atoms with Gasteiger partial charge in [-0.2, -0.15) is 4.98 Å². The Hall–Kier alpha value is -2.82. The van der Waals surface area contributed by atoms with Gasteiger partial charge in [-0.3, -0.25) is 0 Å². The molecule has 0 saturated heterocycles. The highest BCUT2D eigenvalue weighted by Crippen LogP contribution is 2.20. The van der Waals surface area contributed by atoms with Crippen LogP contribution in [0.1, 0.15) is 5.56 Å². The van der Waals surface area contributed by atoms with Gasteiger partial charge in [-0.15, -0.1) is 0 Å². The van der Waals surface area contributed by atoms with E-state index < -0.39 is 0 Å². The molecule has 2 aromatic carbocycles. The Morgan fingerprint density at radius 2 is 2.05 bits per heavy atom. The number of nitrogens with zero attached hydrogens (tertiary/aromatic N) is 2. The van der Waals surface area contributed by atoms with Gasteiger partial charge < -0.3 is 14.6 Å². The summed E-state index contributed by atoms with van der Waals surface area (Å²) in [7, 11) is 1.67. The van der Waals surface area contributed by atoms with Gasteiger partial charge in [0, 0.05) is 17.8 Å². The monoisotopic (exact) mass is 281 g/mol. The van der Waals surface area contributed by atoms with Gasteiger partial charge >= 0.3 is 0 Å². The van der Waals surface area contributed by atoms with E-state index in [4.69, 9.17) is 9.26 Å². The van der Waals surface area contributed by atoms with Gasteiger partial charge in [0.1, 0.15) is 5.75 Å². The van der Waals surface area contributed by atoms with Crippen molar-refractivity contribution in [3.8, 4) is 17.1 Å². The van der Waals surface area contributed by atoms with Gasteiger partial charge in [-0.1, -0.05) is 29.4 Å². The van der Waals surface area contributed by atoms with Crippen LogP contribution in [0, 0.1) is 0 Å². The number of rotatable bonds is 5. The van der Waals surface area contributed by atoms with Crippen molar-refractivity contribution in [2.24, 2.45) is 0 Å². The molecule has 1 N–H and O–H groups in total. The Kier molecular flexibility index (Phi) is 3.82. The third-order valence-electron chi connectivity index (χ3n) is 3.11. The van der Waals surface area contributed by atoms with Crippen LogP contribution in [0.2, 0.25) is 0 Å². The lowest BCUT2D eigenvalue weighted by Crippen LogP contribution is -1.99. The number of methoxy groups -OCH3 is 1. The van der Waals surface area contributed by atoms with Crippen molar-refractivity contribution in [3.05, 3.63) is 60.5 Å². The van der Waals surface area contributed by atoms with Gasteiger partial charge in [-0.25, -0.2) is 0 Å². The highest BCUT2D eigenvalue weighted by molar-refractivity contribution is 5.61. The minimum Gasteiger partial charge on any atom is -0.497 e. The summed E-state index contributed by atoms with van der Waals surface area (Å²) in [5, 5.41) is 7.21. The molecule has 1 aromatic heterocycles. The topological polar surface area (TPSA) is 60.2 Å². The van der Waals surface area contributed by atoms with E-state index in [1.165, 1.54) is 6.39 Å². The normalized spacial score (nSPS) is 10.3. The molecule has 0 unspecified atom stereocenters. The molecule has 0 atom stereocenters. The molecule has 21 heavy (non-hydrogen) atoms. The average molecular weight is 281 g/mol. The lowest BCUT2D eigenvalue weighted by atomic mass is 10.1. The zero-order valence-electron chi connectivity index (χ0n) is 11.6. The minimum absolute atomic E-state index is 0.583. The van der Waals surface area contributed by atoms with Crippen LogP contribution in [-0.4, -0.2) is 17.3 Å². The van der Waals surface area contributed by atoms with Crippen LogP contribution in [0.3, 0.4) is 0 Å². The van der Waals surface area contributed by atoms with Crippen molar-refractivity contribution in [1.29, 1.82) is 0 Å². The van der Waals surface area contributed by atoms with Gasteiger partial charge in [0.2, 0.25) is 12.2 Å². The van der Waals surface area contributed by atoms with Crippen LogP contribution < -0.4 is 10.1 Å². The van der Waals surface area contributed by atoms with Crippen LogP contribution in [0.4, 0.5) is 5.69 Å². The lowest BCUT2D eigenvalue weighted by Gasteiger charge is -2.08. The van der Waals surface area contributed by atoms with Crippen LogP contribution >= 0.6 is 0 Å². The zero-order valence-corrected chi connectivity index (χ0v) is 11.6. The lowest BCUT2D eigenvalue weighted by molar-refractivity contribution is 0.414. The molecule has 0 radical (unpaired) electrons. The molecule has 0 fully saturated rings. The van der Waals surface area contributed by atoms with Crippen molar-refractivity contribution < 1.29 is 9.26 Å². The maximum atomic E-state index is 5.22. The summed E-state index contributed by atoms with van der Waals surface area (Å²) in [4.78, 5) is 4.05. The number of anilines is 1. The SMILES string of the molecule is COc1cccc(CNc2cccc(-c3ncon3)c2)c1. The molecule has 0 saturated carbocycles. The molecule has 0 aliphatic rings. The smallest absolute Gasteiger partial charge is 0.214 e. The van der Waals surface area contributed by atoms with E-state index in [2.05, 4.69) is 21.5 Å². The summed E-state index contributed by atoms with van der Waals surface area (Å²) in [6, 6.07) is 15.9. The summed E-state index contributed by atoms with van der Waals surface area (Å²) in [5.74, 6) is 1.44. The quantitative estimate of drug-likeness (QED) is 0.777. The number of nitrogens with one attached hydrogen (secondary N) is 1. The Morgan fingerprint density at radius 3 is 2.86 bits per heavy atom. The van der Waals surface area contributed by atoms with Gasteiger partial charge in [-0.05, 0) is 29.8 Å². The Labute approximate surface area is 122 Å². The highest BCUT2D eigenvalue weighted by atomic mass is 16.5. The Morgan fingerprint density at radius 1 is 1.14 bits per heavy atom. The van der Waals surface area contributed by atoms with Gasteiger partial charge in [0.15, 0.2) is 0 Å². The fraction of sp³-hybridized carbons (Fsp3) is 0.125. The van der Waals surface area contributed by atoms with Crippen LogP contribution in [0.15, 0.2) is 59.4 Å². The average Bonchev–Trinajstić information content (AvgIpc) is 3.08. The van der Waals surface area contributed by atoms with E-state index in [0.29, 0.717) is 12.4 Å². The molecule has 0 bridgehead atoms. The second-order valence-corrected chi connectivity index (χ2v) is 4.54. The van der Waals surface area contributed by atoms with Gasteiger partial charge in [0.25, 0.3) is 0 Å². The van der Waals surface area contributed by atoms with E-state index in [-0.39, 0.29) is 0 Å². The number of hydrogen-bond acceptors (Lipinski definition) is 5. The number of ether oxygens (including phenoxy) is 1. The number of aromatic nitrogens is 2. The second kappa shape index (κ2) is 6.09. The largest absolute Gasteiger partial charge is 0.497 e. The zero-order chi connectivity index (χ0) is 14.5.